The third-order valence-corrected chi connectivity index (χ3v) is 5.56. The summed E-state index contributed by atoms with van der Waals surface area (Å²) < 4.78 is 43.2. The van der Waals surface area contributed by atoms with Gasteiger partial charge in [-0.1, -0.05) is 11.6 Å². The van der Waals surface area contributed by atoms with Crippen LogP contribution in [0.1, 0.15) is 6.92 Å². The van der Waals surface area contributed by atoms with Gasteiger partial charge in [0.25, 0.3) is 0 Å². The van der Waals surface area contributed by atoms with Crippen LogP contribution in [0.4, 0.5) is 25.8 Å². The summed E-state index contributed by atoms with van der Waals surface area (Å²) in [5, 5.41) is 13.8. The van der Waals surface area contributed by atoms with E-state index in [0.29, 0.717) is 30.2 Å². The van der Waals surface area contributed by atoms with Crippen molar-refractivity contribution in [1.82, 2.24) is 10.0 Å². The van der Waals surface area contributed by atoms with Gasteiger partial charge in [0.1, 0.15) is 17.2 Å². The lowest BCUT2D eigenvalue weighted by Gasteiger charge is -2.23. The van der Waals surface area contributed by atoms with Crippen LogP contribution in [0.2, 0.25) is 5.02 Å². The molecule has 168 valence electrons. The lowest BCUT2D eigenvalue weighted by molar-refractivity contribution is 0.564. The molecule has 0 aromatic heterocycles. The maximum absolute atomic E-state index is 14.7. The molecule has 0 saturated carbocycles. The lowest BCUT2D eigenvalue weighted by atomic mass is 10.2. The van der Waals surface area contributed by atoms with Crippen molar-refractivity contribution in [2.45, 2.75) is 11.8 Å². The van der Waals surface area contributed by atoms with Crippen molar-refractivity contribution in [1.29, 1.82) is 5.41 Å². The molecule has 0 heterocycles. The van der Waals surface area contributed by atoms with Crippen LogP contribution in [0.3, 0.4) is 0 Å². The standard InChI is InChI=1S/C20H25ClF2N6OS/c1-12(24)8-20(25)28-31(30)19-10-14(21)17(11-15(19)23)27-16-5-4-13(22)9-18(16)29(3)7-6-26-2/h4-5,8-11,26-27H,6-7,24H2,1-3H3,(H2,25,28)/b12-8-. The number of nitrogens with two attached hydrogens (primary N) is 1. The van der Waals surface area contributed by atoms with E-state index < -0.39 is 23.0 Å². The van der Waals surface area contributed by atoms with Crippen LogP contribution in [0, 0.1) is 17.0 Å². The molecule has 2 aromatic rings. The van der Waals surface area contributed by atoms with Crippen LogP contribution in [0.5, 0.6) is 0 Å². The highest BCUT2D eigenvalue weighted by Gasteiger charge is 2.22. The monoisotopic (exact) mass is 470 g/mol. The summed E-state index contributed by atoms with van der Waals surface area (Å²) in [4.78, 5) is 1.63. The third kappa shape index (κ3) is 7.00. The fourth-order valence-corrected chi connectivity index (χ4v) is 3.75. The second-order valence-corrected chi connectivity index (χ2v) is 8.34. The summed E-state index contributed by atoms with van der Waals surface area (Å²) >= 11 is 4.24. The molecule has 7 nitrogen and oxygen atoms in total. The molecule has 0 bridgehead atoms. The maximum atomic E-state index is 14.7. The quantitative estimate of drug-likeness (QED) is 0.218. The summed E-state index contributed by atoms with van der Waals surface area (Å²) in [5.74, 6) is -1.42. The SMILES string of the molecule is CNCCN(C)c1cc(F)ccc1Nc1cc(F)c([S+]([O-])NC(=N)/C=C(/C)N)cc1Cl. The topological polar surface area (TPSA) is 112 Å². The van der Waals surface area contributed by atoms with Gasteiger partial charge in [0, 0.05) is 44.0 Å². The largest absolute Gasteiger partial charge is 0.588 e. The van der Waals surface area contributed by atoms with E-state index in [0.717, 1.165) is 6.07 Å². The molecular formula is C20H25ClF2N6OS. The van der Waals surface area contributed by atoms with E-state index >= 15 is 0 Å². The van der Waals surface area contributed by atoms with Crippen molar-refractivity contribution in [3.63, 3.8) is 0 Å². The molecule has 0 aliphatic carbocycles. The van der Waals surface area contributed by atoms with Gasteiger partial charge in [-0.25, -0.2) is 8.78 Å². The molecule has 31 heavy (non-hydrogen) atoms. The van der Waals surface area contributed by atoms with Crippen LogP contribution in [-0.4, -0.2) is 37.6 Å². The fraction of sp³-hybridized carbons (Fsp3) is 0.250. The Labute approximate surface area is 188 Å². The number of anilines is 3. The van der Waals surface area contributed by atoms with Crippen LogP contribution < -0.4 is 26.0 Å². The highest BCUT2D eigenvalue weighted by Crippen LogP contribution is 2.34. The van der Waals surface area contributed by atoms with E-state index in [-0.39, 0.29) is 21.4 Å². The first-order chi connectivity index (χ1) is 14.6. The molecular weight excluding hydrogens is 446 g/mol. The average Bonchev–Trinajstić information content (AvgIpc) is 2.68. The predicted molar refractivity (Wildman–Crippen MR) is 124 cm³/mol. The first-order valence-electron chi connectivity index (χ1n) is 9.24. The predicted octanol–water partition coefficient (Wildman–Crippen LogP) is 3.47. The van der Waals surface area contributed by atoms with Crippen LogP contribution >= 0.6 is 11.6 Å². The molecule has 2 aromatic carbocycles. The van der Waals surface area contributed by atoms with Crippen molar-refractivity contribution in [2.75, 3.05) is 37.4 Å². The number of allylic oxidation sites excluding steroid dienone is 1. The summed E-state index contributed by atoms with van der Waals surface area (Å²) in [6, 6.07) is 6.50. The van der Waals surface area contributed by atoms with Crippen LogP contribution in [0.25, 0.3) is 0 Å². The molecule has 0 fully saturated rings. The molecule has 2 rings (SSSR count). The Bertz CT molecular complexity index is 971. The Hall–Kier alpha value is -2.53. The second-order valence-electron chi connectivity index (χ2n) is 6.75. The Morgan fingerprint density at radius 2 is 2.00 bits per heavy atom. The highest BCUT2D eigenvalue weighted by atomic mass is 35.5. The highest BCUT2D eigenvalue weighted by molar-refractivity contribution is 7.90. The maximum Gasteiger partial charge on any atom is 0.217 e. The van der Waals surface area contributed by atoms with E-state index in [1.54, 1.807) is 6.92 Å². The van der Waals surface area contributed by atoms with Crippen molar-refractivity contribution < 1.29 is 13.3 Å². The number of nitrogens with zero attached hydrogens (tertiary/aromatic N) is 1. The molecule has 0 aliphatic rings. The number of hydrogen-bond donors (Lipinski definition) is 5. The van der Waals surface area contributed by atoms with E-state index in [1.165, 1.54) is 30.3 Å². The summed E-state index contributed by atoms with van der Waals surface area (Å²) in [5.41, 5.74) is 7.13. The van der Waals surface area contributed by atoms with E-state index in [9.17, 15) is 13.3 Å². The third-order valence-electron chi connectivity index (χ3n) is 4.13. The minimum atomic E-state index is -2.05. The van der Waals surface area contributed by atoms with Crippen molar-refractivity contribution in [3.05, 3.63) is 58.8 Å². The van der Waals surface area contributed by atoms with Crippen LogP contribution in [0.15, 0.2) is 47.0 Å². The van der Waals surface area contributed by atoms with E-state index in [4.69, 9.17) is 22.7 Å². The van der Waals surface area contributed by atoms with Gasteiger partial charge < -0.3 is 25.8 Å². The van der Waals surface area contributed by atoms with Crippen LogP contribution in [-0.2, 0) is 11.4 Å². The Kier molecular flexibility index (Phi) is 8.93. The normalized spacial score (nSPS) is 12.4. The first kappa shape index (κ1) is 24.7. The minimum Gasteiger partial charge on any atom is -0.588 e. The molecule has 0 spiro atoms. The molecule has 1 atom stereocenters. The molecule has 6 N–H and O–H groups in total. The van der Waals surface area contributed by atoms with Crippen molar-refractivity contribution >= 4 is 45.9 Å². The summed E-state index contributed by atoms with van der Waals surface area (Å²) in [6.45, 7) is 2.86. The number of likely N-dealkylation sites (N-methyl/N-ethyl adjacent to an activating group) is 2. The number of rotatable bonds is 9. The van der Waals surface area contributed by atoms with E-state index in [2.05, 4.69) is 15.4 Å². The zero-order valence-corrected chi connectivity index (χ0v) is 18.9. The first-order valence-corrected chi connectivity index (χ1v) is 10.8. The van der Waals surface area contributed by atoms with Crippen molar-refractivity contribution in [3.8, 4) is 0 Å². The molecule has 11 heteroatoms. The second kappa shape index (κ2) is 11.2. The minimum absolute atomic E-state index is 0.108. The number of halogens is 3. The van der Waals surface area contributed by atoms with E-state index in [1.807, 2.05) is 19.0 Å². The Morgan fingerprint density at radius 3 is 2.65 bits per heavy atom. The van der Waals surface area contributed by atoms with Gasteiger partial charge >= 0.3 is 0 Å². The van der Waals surface area contributed by atoms with Gasteiger partial charge in [0.15, 0.2) is 11.7 Å². The number of amidine groups is 1. The van der Waals surface area contributed by atoms with Gasteiger partial charge in [0.05, 0.1) is 22.1 Å². The van der Waals surface area contributed by atoms with Gasteiger partial charge in [-0.3, -0.25) is 5.41 Å². The van der Waals surface area contributed by atoms with Gasteiger partial charge in [-0.2, -0.15) is 4.72 Å². The number of hydrogen-bond acceptors (Lipinski definition) is 6. The fourth-order valence-electron chi connectivity index (χ4n) is 2.65. The van der Waals surface area contributed by atoms with Crippen molar-refractivity contribution in [2.24, 2.45) is 5.73 Å². The molecule has 0 aliphatic heterocycles. The number of nitrogens with one attached hydrogen (secondary N) is 4. The summed E-state index contributed by atoms with van der Waals surface area (Å²) in [7, 11) is 3.63. The Morgan fingerprint density at radius 1 is 1.29 bits per heavy atom. The Balaban J connectivity index is 2.29. The smallest absolute Gasteiger partial charge is 0.217 e. The zero-order chi connectivity index (χ0) is 23.1. The van der Waals surface area contributed by atoms with Gasteiger partial charge in [-0.15, -0.1) is 0 Å². The molecule has 0 radical (unpaired) electrons. The lowest BCUT2D eigenvalue weighted by Crippen LogP contribution is -2.30. The summed E-state index contributed by atoms with van der Waals surface area (Å²) in [6.07, 6.45) is 1.26. The zero-order valence-electron chi connectivity index (χ0n) is 17.4. The molecule has 0 amide bonds. The van der Waals surface area contributed by atoms with Gasteiger partial charge in [0.2, 0.25) is 4.90 Å². The molecule has 1 unspecified atom stereocenters. The van der Waals surface area contributed by atoms with Gasteiger partial charge in [-0.05, 0) is 32.2 Å². The number of benzene rings is 2. The molecule has 0 saturated heterocycles. The average molecular weight is 471 g/mol.